The van der Waals surface area contributed by atoms with Crippen LogP contribution in [0.1, 0.15) is 43.1 Å². The van der Waals surface area contributed by atoms with Crippen molar-refractivity contribution in [2.24, 2.45) is 5.92 Å². The SMILES string of the molecule is Cc1cccc(-c2nc3n(c2-c2ccc4c(c2)OCO4)CC[C@H]2CC4(CCC32)OCCO4)n1. The molecule has 0 amide bonds. The Balaban J connectivity index is 1.35. The van der Waals surface area contributed by atoms with E-state index >= 15 is 0 Å². The molecule has 1 unspecified atom stereocenters. The van der Waals surface area contributed by atoms with Crippen LogP contribution in [0.3, 0.4) is 0 Å². The molecule has 3 aromatic rings. The molecule has 5 heterocycles. The number of benzene rings is 1. The third-order valence-corrected chi connectivity index (χ3v) is 7.62. The maximum Gasteiger partial charge on any atom is 0.231 e. The fourth-order valence-electron chi connectivity index (χ4n) is 6.12. The second kappa shape index (κ2) is 7.30. The molecule has 33 heavy (non-hydrogen) atoms. The van der Waals surface area contributed by atoms with Gasteiger partial charge in [-0.05, 0) is 56.0 Å². The zero-order valence-corrected chi connectivity index (χ0v) is 18.8. The number of aromatic nitrogens is 3. The number of rotatable bonds is 2. The highest BCUT2D eigenvalue weighted by molar-refractivity contribution is 5.79. The van der Waals surface area contributed by atoms with Gasteiger partial charge in [0, 0.05) is 36.6 Å². The summed E-state index contributed by atoms with van der Waals surface area (Å²) in [5.41, 5.74) is 5.05. The summed E-state index contributed by atoms with van der Waals surface area (Å²) in [6, 6.07) is 12.3. The molecule has 170 valence electrons. The Hall–Kier alpha value is -2.90. The number of ether oxygens (including phenoxy) is 4. The van der Waals surface area contributed by atoms with E-state index in [2.05, 4.69) is 28.8 Å². The lowest BCUT2D eigenvalue weighted by molar-refractivity contribution is -0.192. The highest BCUT2D eigenvalue weighted by Crippen LogP contribution is 2.51. The van der Waals surface area contributed by atoms with Crippen LogP contribution >= 0.6 is 0 Å². The summed E-state index contributed by atoms with van der Waals surface area (Å²) in [6.45, 7) is 4.64. The van der Waals surface area contributed by atoms with Gasteiger partial charge in [0.2, 0.25) is 6.79 Å². The minimum absolute atomic E-state index is 0.269. The van der Waals surface area contributed by atoms with Gasteiger partial charge in [-0.1, -0.05) is 6.07 Å². The normalized spacial score (nSPS) is 24.6. The molecule has 0 radical (unpaired) electrons. The van der Waals surface area contributed by atoms with Gasteiger partial charge in [-0.2, -0.15) is 0 Å². The number of pyridine rings is 1. The van der Waals surface area contributed by atoms with Gasteiger partial charge in [-0.15, -0.1) is 0 Å². The zero-order valence-electron chi connectivity index (χ0n) is 18.8. The minimum Gasteiger partial charge on any atom is -0.454 e. The Morgan fingerprint density at radius 3 is 2.76 bits per heavy atom. The van der Waals surface area contributed by atoms with E-state index in [-0.39, 0.29) is 12.6 Å². The van der Waals surface area contributed by atoms with Crippen molar-refractivity contribution in [3.8, 4) is 34.1 Å². The maximum atomic E-state index is 6.06. The average molecular weight is 446 g/mol. The van der Waals surface area contributed by atoms with E-state index in [1.54, 1.807) is 0 Å². The van der Waals surface area contributed by atoms with Crippen LogP contribution in [-0.4, -0.2) is 40.3 Å². The van der Waals surface area contributed by atoms with Gasteiger partial charge < -0.3 is 23.5 Å². The lowest BCUT2D eigenvalue weighted by Crippen LogP contribution is -2.42. The quantitative estimate of drug-likeness (QED) is 0.571. The minimum atomic E-state index is -0.364. The van der Waals surface area contributed by atoms with E-state index in [9.17, 15) is 0 Å². The monoisotopic (exact) mass is 445 g/mol. The summed E-state index contributed by atoms with van der Waals surface area (Å²) in [4.78, 5) is 10.1. The van der Waals surface area contributed by atoms with E-state index in [0.717, 1.165) is 72.1 Å². The maximum absolute atomic E-state index is 6.06. The van der Waals surface area contributed by atoms with Crippen LogP contribution in [0, 0.1) is 12.8 Å². The molecule has 1 saturated carbocycles. The predicted molar refractivity (Wildman–Crippen MR) is 121 cm³/mol. The molecule has 0 N–H and O–H groups in total. The van der Waals surface area contributed by atoms with Gasteiger partial charge in [0.1, 0.15) is 11.5 Å². The van der Waals surface area contributed by atoms with Crippen molar-refractivity contribution in [2.45, 2.75) is 50.9 Å². The largest absolute Gasteiger partial charge is 0.454 e. The van der Waals surface area contributed by atoms with Gasteiger partial charge in [0.25, 0.3) is 0 Å². The van der Waals surface area contributed by atoms with Crippen LogP contribution in [0.2, 0.25) is 0 Å². The molecule has 4 aliphatic rings. The van der Waals surface area contributed by atoms with Gasteiger partial charge >= 0.3 is 0 Å². The molecule has 7 heteroatoms. The fourth-order valence-corrected chi connectivity index (χ4v) is 6.12. The van der Waals surface area contributed by atoms with Crippen LogP contribution in [0.5, 0.6) is 11.5 Å². The second-order valence-corrected chi connectivity index (χ2v) is 9.56. The van der Waals surface area contributed by atoms with E-state index < -0.39 is 0 Å². The van der Waals surface area contributed by atoms with Gasteiger partial charge in [0.05, 0.1) is 24.6 Å². The van der Waals surface area contributed by atoms with Crippen molar-refractivity contribution < 1.29 is 18.9 Å². The Morgan fingerprint density at radius 1 is 1.00 bits per heavy atom. The third kappa shape index (κ3) is 3.09. The standard InChI is InChI=1S/C26H27N3O4/c1-16-3-2-4-20(27-16)23-24(17-5-6-21-22(13-17)31-15-30-21)29-10-8-18-14-26(32-11-12-33-26)9-7-19(18)25(29)28-23/h2-6,13,18-19H,7-12,14-15H2,1H3/t18-,19?/m0/s1. The first-order valence-electron chi connectivity index (χ1n) is 11.9. The van der Waals surface area contributed by atoms with Gasteiger partial charge in [0.15, 0.2) is 17.3 Å². The van der Waals surface area contributed by atoms with Crippen molar-refractivity contribution in [3.63, 3.8) is 0 Å². The smallest absolute Gasteiger partial charge is 0.231 e. The fraction of sp³-hybridized carbons (Fsp3) is 0.462. The average Bonchev–Trinajstić information content (AvgIpc) is 3.57. The van der Waals surface area contributed by atoms with Crippen LogP contribution in [0.4, 0.5) is 0 Å². The van der Waals surface area contributed by atoms with Crippen LogP contribution < -0.4 is 9.47 Å². The number of hydrogen-bond acceptors (Lipinski definition) is 6. The number of fused-ring (bicyclic) bond motifs is 4. The third-order valence-electron chi connectivity index (χ3n) is 7.62. The van der Waals surface area contributed by atoms with Crippen LogP contribution in [0.25, 0.3) is 22.6 Å². The van der Waals surface area contributed by atoms with Gasteiger partial charge in [-0.25, -0.2) is 4.98 Å². The summed E-state index contributed by atoms with van der Waals surface area (Å²) in [6.07, 6.45) is 4.02. The molecule has 7 rings (SSSR count). The van der Waals surface area contributed by atoms with Crippen molar-refractivity contribution in [3.05, 3.63) is 47.9 Å². The Kier molecular flexibility index (Phi) is 4.33. The summed E-state index contributed by atoms with van der Waals surface area (Å²) in [7, 11) is 0. The molecule has 7 nitrogen and oxygen atoms in total. The van der Waals surface area contributed by atoms with Crippen molar-refractivity contribution in [1.29, 1.82) is 0 Å². The highest BCUT2D eigenvalue weighted by Gasteiger charge is 2.48. The van der Waals surface area contributed by atoms with Gasteiger partial charge in [-0.3, -0.25) is 4.98 Å². The van der Waals surface area contributed by atoms with E-state index in [4.69, 9.17) is 28.9 Å². The number of hydrogen-bond donors (Lipinski definition) is 0. The molecule has 1 aliphatic carbocycles. The first-order valence-corrected chi connectivity index (χ1v) is 11.9. The first kappa shape index (κ1) is 19.6. The molecule has 1 spiro atoms. The van der Waals surface area contributed by atoms with Crippen molar-refractivity contribution in [1.82, 2.24) is 14.5 Å². The topological polar surface area (TPSA) is 67.6 Å². The predicted octanol–water partition coefficient (Wildman–Crippen LogP) is 4.68. The number of aryl methyl sites for hydroxylation is 1. The Morgan fingerprint density at radius 2 is 1.88 bits per heavy atom. The lowest BCUT2D eigenvalue weighted by Gasteiger charge is -2.43. The summed E-state index contributed by atoms with van der Waals surface area (Å²) < 4.78 is 25.8. The highest BCUT2D eigenvalue weighted by atomic mass is 16.7. The Bertz CT molecular complexity index is 1230. The van der Waals surface area contributed by atoms with Crippen LogP contribution in [0.15, 0.2) is 36.4 Å². The summed E-state index contributed by atoms with van der Waals surface area (Å²) in [5.74, 6) is 3.32. The molecular formula is C26H27N3O4. The summed E-state index contributed by atoms with van der Waals surface area (Å²) in [5, 5.41) is 0. The Labute approximate surface area is 192 Å². The number of nitrogens with zero attached hydrogens (tertiary/aromatic N) is 3. The second-order valence-electron chi connectivity index (χ2n) is 9.56. The van der Waals surface area contributed by atoms with Crippen LogP contribution in [-0.2, 0) is 16.0 Å². The zero-order chi connectivity index (χ0) is 22.0. The first-order chi connectivity index (χ1) is 16.2. The molecule has 2 atom stereocenters. The summed E-state index contributed by atoms with van der Waals surface area (Å²) >= 11 is 0. The molecule has 2 aromatic heterocycles. The lowest BCUT2D eigenvalue weighted by atomic mass is 9.72. The molecular weight excluding hydrogens is 418 g/mol. The molecule has 1 aromatic carbocycles. The van der Waals surface area contributed by atoms with E-state index in [1.165, 1.54) is 5.82 Å². The number of imidazole rings is 1. The van der Waals surface area contributed by atoms with E-state index in [1.807, 2.05) is 19.1 Å². The molecule has 3 aliphatic heterocycles. The van der Waals surface area contributed by atoms with E-state index in [0.29, 0.717) is 25.0 Å². The molecule has 0 bridgehead atoms. The van der Waals surface area contributed by atoms with Crippen molar-refractivity contribution >= 4 is 0 Å². The van der Waals surface area contributed by atoms with Crippen molar-refractivity contribution in [2.75, 3.05) is 20.0 Å². The molecule has 2 fully saturated rings. The molecule has 1 saturated heterocycles.